The molecule has 2 N–H and O–H groups in total. The van der Waals surface area contributed by atoms with E-state index in [9.17, 15) is 4.79 Å². The van der Waals surface area contributed by atoms with Crippen LogP contribution in [0.4, 0.5) is 11.6 Å². The number of methoxy groups -OCH3 is 2. The Kier molecular flexibility index (Phi) is 4.22. The number of ether oxygens (including phenoxy) is 2. The lowest BCUT2D eigenvalue weighted by Gasteiger charge is -2.11. The van der Waals surface area contributed by atoms with Gasteiger partial charge in [0, 0.05) is 11.8 Å². The van der Waals surface area contributed by atoms with E-state index in [2.05, 4.69) is 15.3 Å². The van der Waals surface area contributed by atoms with E-state index in [4.69, 9.17) is 14.6 Å². The van der Waals surface area contributed by atoms with Gasteiger partial charge in [0.15, 0.2) is 0 Å². The van der Waals surface area contributed by atoms with Crippen molar-refractivity contribution < 1.29 is 19.4 Å². The van der Waals surface area contributed by atoms with Crippen LogP contribution in [0, 0.1) is 6.92 Å². The fraction of sp³-hybridized carbons (Fsp3) is 0.214. The van der Waals surface area contributed by atoms with Gasteiger partial charge in [0.05, 0.1) is 25.5 Å². The van der Waals surface area contributed by atoms with Crippen LogP contribution in [0.3, 0.4) is 0 Å². The van der Waals surface area contributed by atoms with E-state index in [1.165, 1.54) is 26.4 Å². The van der Waals surface area contributed by atoms with Crippen LogP contribution in [-0.2, 0) is 0 Å². The standard InChI is InChI=1S/C14H15N3O4/c1-8-7-15-14(17-12(8)21-3)16-10-5-4-9(13(18)19)6-11(10)20-2/h4-7H,1-3H3,(H,18,19)(H,15,16,17). The van der Waals surface area contributed by atoms with Crippen molar-refractivity contribution in [1.82, 2.24) is 9.97 Å². The van der Waals surface area contributed by atoms with Crippen LogP contribution < -0.4 is 14.8 Å². The lowest BCUT2D eigenvalue weighted by molar-refractivity contribution is 0.0696. The number of carbonyl (C=O) groups is 1. The molecule has 0 aliphatic rings. The van der Waals surface area contributed by atoms with Gasteiger partial charge in [-0.3, -0.25) is 0 Å². The number of anilines is 2. The van der Waals surface area contributed by atoms with Crippen LogP contribution in [0.25, 0.3) is 0 Å². The summed E-state index contributed by atoms with van der Waals surface area (Å²) in [7, 11) is 2.99. The minimum absolute atomic E-state index is 0.139. The van der Waals surface area contributed by atoms with Crippen molar-refractivity contribution in [2.45, 2.75) is 6.92 Å². The summed E-state index contributed by atoms with van der Waals surface area (Å²) in [4.78, 5) is 19.3. The molecule has 0 fully saturated rings. The zero-order valence-corrected chi connectivity index (χ0v) is 11.9. The molecular weight excluding hydrogens is 274 g/mol. The number of nitrogens with zero attached hydrogens (tertiary/aromatic N) is 2. The highest BCUT2D eigenvalue weighted by Gasteiger charge is 2.11. The smallest absolute Gasteiger partial charge is 0.335 e. The molecule has 110 valence electrons. The average molecular weight is 289 g/mol. The summed E-state index contributed by atoms with van der Waals surface area (Å²) in [6, 6.07) is 4.49. The van der Waals surface area contributed by atoms with Gasteiger partial charge in [0.2, 0.25) is 11.8 Å². The number of carboxylic acid groups (broad SMARTS) is 1. The van der Waals surface area contributed by atoms with Crippen LogP contribution in [0.5, 0.6) is 11.6 Å². The van der Waals surface area contributed by atoms with Crippen molar-refractivity contribution in [1.29, 1.82) is 0 Å². The summed E-state index contributed by atoms with van der Waals surface area (Å²) in [5, 5.41) is 11.9. The second-order valence-electron chi connectivity index (χ2n) is 4.23. The third-order valence-electron chi connectivity index (χ3n) is 2.81. The molecule has 0 atom stereocenters. The second kappa shape index (κ2) is 6.08. The number of benzene rings is 1. The largest absolute Gasteiger partial charge is 0.495 e. The van der Waals surface area contributed by atoms with Gasteiger partial charge >= 0.3 is 5.97 Å². The Labute approximate surface area is 121 Å². The van der Waals surface area contributed by atoms with Crippen molar-refractivity contribution in [3.63, 3.8) is 0 Å². The van der Waals surface area contributed by atoms with E-state index >= 15 is 0 Å². The van der Waals surface area contributed by atoms with Gasteiger partial charge in [-0.05, 0) is 25.1 Å². The fourth-order valence-electron chi connectivity index (χ4n) is 1.74. The number of carboxylic acids is 1. The minimum Gasteiger partial charge on any atom is -0.495 e. The number of aromatic carboxylic acids is 1. The third-order valence-corrected chi connectivity index (χ3v) is 2.81. The van der Waals surface area contributed by atoms with E-state index in [-0.39, 0.29) is 5.56 Å². The number of hydrogen-bond donors (Lipinski definition) is 2. The molecule has 0 spiro atoms. The molecule has 2 aromatic rings. The number of hydrogen-bond acceptors (Lipinski definition) is 6. The molecule has 0 bridgehead atoms. The summed E-state index contributed by atoms with van der Waals surface area (Å²) in [5.41, 5.74) is 1.52. The van der Waals surface area contributed by atoms with Gasteiger partial charge in [-0.1, -0.05) is 0 Å². The van der Waals surface area contributed by atoms with E-state index in [0.29, 0.717) is 23.3 Å². The van der Waals surface area contributed by atoms with Crippen molar-refractivity contribution in [3.8, 4) is 11.6 Å². The molecule has 0 radical (unpaired) electrons. The van der Waals surface area contributed by atoms with Gasteiger partial charge in [-0.2, -0.15) is 4.98 Å². The molecule has 1 aromatic carbocycles. The average Bonchev–Trinajstić information content (AvgIpc) is 2.49. The Morgan fingerprint density at radius 1 is 1.29 bits per heavy atom. The third kappa shape index (κ3) is 3.19. The zero-order valence-electron chi connectivity index (χ0n) is 11.9. The predicted molar refractivity (Wildman–Crippen MR) is 76.6 cm³/mol. The maximum Gasteiger partial charge on any atom is 0.335 e. The molecule has 0 unspecified atom stereocenters. The monoisotopic (exact) mass is 289 g/mol. The van der Waals surface area contributed by atoms with Crippen LogP contribution in [0.2, 0.25) is 0 Å². The van der Waals surface area contributed by atoms with Crippen molar-refractivity contribution in [3.05, 3.63) is 35.5 Å². The topological polar surface area (TPSA) is 93.6 Å². The Morgan fingerprint density at radius 2 is 2.05 bits per heavy atom. The number of rotatable bonds is 5. The quantitative estimate of drug-likeness (QED) is 0.871. The summed E-state index contributed by atoms with van der Waals surface area (Å²) in [6.07, 6.45) is 1.63. The first kappa shape index (κ1) is 14.6. The van der Waals surface area contributed by atoms with E-state index < -0.39 is 5.97 Å². The Bertz CT molecular complexity index is 673. The van der Waals surface area contributed by atoms with Crippen LogP contribution >= 0.6 is 0 Å². The molecular formula is C14H15N3O4. The first-order valence-corrected chi connectivity index (χ1v) is 6.11. The van der Waals surface area contributed by atoms with Gasteiger partial charge in [-0.15, -0.1) is 0 Å². The number of aromatic nitrogens is 2. The molecule has 0 aliphatic carbocycles. The minimum atomic E-state index is -1.02. The van der Waals surface area contributed by atoms with Gasteiger partial charge in [0.25, 0.3) is 0 Å². The number of nitrogens with one attached hydrogen (secondary N) is 1. The molecule has 1 aromatic heterocycles. The number of aryl methyl sites for hydroxylation is 1. The van der Waals surface area contributed by atoms with Gasteiger partial charge < -0.3 is 19.9 Å². The Hall–Kier alpha value is -2.83. The zero-order chi connectivity index (χ0) is 15.4. The highest BCUT2D eigenvalue weighted by atomic mass is 16.5. The van der Waals surface area contributed by atoms with E-state index in [1.807, 2.05) is 6.92 Å². The summed E-state index contributed by atoms with van der Waals surface area (Å²) in [6.45, 7) is 1.84. The molecule has 0 saturated carbocycles. The lowest BCUT2D eigenvalue weighted by Crippen LogP contribution is -2.03. The van der Waals surface area contributed by atoms with E-state index in [1.54, 1.807) is 12.3 Å². The van der Waals surface area contributed by atoms with Crippen LogP contribution in [-0.4, -0.2) is 35.3 Å². The normalized spacial score (nSPS) is 10.0. The first-order valence-electron chi connectivity index (χ1n) is 6.11. The predicted octanol–water partition coefficient (Wildman–Crippen LogP) is 2.24. The van der Waals surface area contributed by atoms with Crippen molar-refractivity contribution >= 4 is 17.6 Å². The fourth-order valence-corrected chi connectivity index (χ4v) is 1.74. The highest BCUT2D eigenvalue weighted by Crippen LogP contribution is 2.28. The summed E-state index contributed by atoms with van der Waals surface area (Å²) < 4.78 is 10.3. The van der Waals surface area contributed by atoms with Crippen molar-refractivity contribution in [2.24, 2.45) is 0 Å². The maximum absolute atomic E-state index is 10.9. The molecule has 7 nitrogen and oxygen atoms in total. The molecule has 21 heavy (non-hydrogen) atoms. The summed E-state index contributed by atoms with van der Waals surface area (Å²) in [5.74, 6) is 0.165. The maximum atomic E-state index is 10.9. The molecule has 2 rings (SSSR count). The summed E-state index contributed by atoms with van der Waals surface area (Å²) >= 11 is 0. The van der Waals surface area contributed by atoms with Gasteiger partial charge in [0.1, 0.15) is 5.75 Å². The molecule has 1 heterocycles. The van der Waals surface area contributed by atoms with Gasteiger partial charge in [-0.25, -0.2) is 9.78 Å². The lowest BCUT2D eigenvalue weighted by atomic mass is 10.2. The molecule has 7 heteroatoms. The first-order chi connectivity index (χ1) is 10.0. The second-order valence-corrected chi connectivity index (χ2v) is 4.23. The van der Waals surface area contributed by atoms with E-state index in [0.717, 1.165) is 5.56 Å². The SMILES string of the molecule is COc1cc(C(=O)O)ccc1Nc1ncc(C)c(OC)n1. The van der Waals surface area contributed by atoms with Crippen molar-refractivity contribution in [2.75, 3.05) is 19.5 Å². The molecule has 0 aliphatic heterocycles. The van der Waals surface area contributed by atoms with Crippen LogP contribution in [0.1, 0.15) is 15.9 Å². The van der Waals surface area contributed by atoms with Crippen LogP contribution in [0.15, 0.2) is 24.4 Å². The molecule has 0 saturated heterocycles. The Balaban J connectivity index is 2.33. The highest BCUT2D eigenvalue weighted by molar-refractivity contribution is 5.89. The Morgan fingerprint density at radius 3 is 2.67 bits per heavy atom. The molecule has 0 amide bonds.